The molecule has 0 aliphatic carbocycles. The molecule has 1 heterocycles. The molecule has 0 atom stereocenters. The maximum absolute atomic E-state index is 3.94. The first-order chi connectivity index (χ1) is 3.93. The fourth-order valence-electron chi connectivity index (χ4n) is 0.677. The van der Waals surface area contributed by atoms with Crippen LogP contribution in [0.2, 0.25) is 6.04 Å². The number of hydrogen-bond donors (Lipinski definition) is 0. The van der Waals surface area contributed by atoms with Crippen LogP contribution in [-0.2, 0) is 0 Å². The van der Waals surface area contributed by atoms with Crippen molar-refractivity contribution in [2.75, 3.05) is 0 Å². The van der Waals surface area contributed by atoms with E-state index in [1.165, 1.54) is 6.04 Å². The van der Waals surface area contributed by atoms with Crippen molar-refractivity contribution in [1.29, 1.82) is 0 Å². The van der Waals surface area contributed by atoms with Gasteiger partial charge in [-0.05, 0) is 6.04 Å². The molecular weight excluding hydrogens is 116 g/mol. The minimum atomic E-state index is -0.00463. The van der Waals surface area contributed by atoms with Crippen molar-refractivity contribution in [3.63, 3.8) is 0 Å². The number of imidazole rings is 1. The highest BCUT2D eigenvalue weighted by Gasteiger charge is 1.83. The highest BCUT2D eigenvalue weighted by atomic mass is 28.2. The van der Waals surface area contributed by atoms with Gasteiger partial charge in [-0.25, -0.2) is 4.98 Å². The summed E-state index contributed by atoms with van der Waals surface area (Å²) < 4.78 is 2.21. The molecule has 0 bridgehead atoms. The van der Waals surface area contributed by atoms with Gasteiger partial charge in [-0.15, -0.1) is 0 Å². The van der Waals surface area contributed by atoms with E-state index in [0.717, 1.165) is 0 Å². The van der Waals surface area contributed by atoms with Crippen molar-refractivity contribution in [3.05, 3.63) is 18.7 Å². The van der Waals surface area contributed by atoms with Crippen LogP contribution in [0.3, 0.4) is 0 Å². The fraction of sp³-hybridized carbons (Fsp3) is 0.400. The Bertz CT molecular complexity index is 136. The Labute approximate surface area is 51.5 Å². The zero-order valence-electron chi connectivity index (χ0n) is 5.04. The highest BCUT2D eigenvalue weighted by molar-refractivity contribution is 6.33. The molecule has 3 heteroatoms. The number of nitrogens with zero attached hydrogens (tertiary/aromatic N) is 2. The third kappa shape index (κ3) is 1.20. The van der Waals surface area contributed by atoms with Gasteiger partial charge in [0.25, 0.3) is 0 Å². The lowest BCUT2D eigenvalue weighted by molar-refractivity contribution is 1.16. The largest absolute Gasteiger partial charge is 0.371 e. The maximum atomic E-state index is 3.94. The van der Waals surface area contributed by atoms with E-state index in [9.17, 15) is 0 Å². The molecule has 8 heavy (non-hydrogen) atoms. The van der Waals surface area contributed by atoms with Crippen molar-refractivity contribution >= 4 is 9.68 Å². The van der Waals surface area contributed by atoms with Crippen molar-refractivity contribution in [3.8, 4) is 0 Å². The molecule has 44 valence electrons. The topological polar surface area (TPSA) is 17.8 Å². The molecule has 1 aromatic rings. The molecule has 0 amide bonds. The van der Waals surface area contributed by atoms with Gasteiger partial charge >= 0.3 is 0 Å². The molecule has 0 aliphatic heterocycles. The second-order valence-corrected chi connectivity index (χ2v) is 3.98. The Kier molecular flexibility index (Phi) is 1.85. The van der Waals surface area contributed by atoms with Crippen LogP contribution >= 0.6 is 0 Å². The summed E-state index contributed by atoms with van der Waals surface area (Å²) in [6, 6.07) is 1.32. The lowest BCUT2D eigenvalue weighted by Gasteiger charge is -1.92. The van der Waals surface area contributed by atoms with Crippen LogP contribution in [0.15, 0.2) is 18.7 Å². The van der Waals surface area contributed by atoms with Gasteiger partial charge in [-0.1, -0.05) is 6.92 Å². The number of aromatic nitrogens is 2. The van der Waals surface area contributed by atoms with E-state index in [0.29, 0.717) is 0 Å². The lowest BCUT2D eigenvalue weighted by atomic mass is 11.0. The predicted octanol–water partition coefficient (Wildman–Crippen LogP) is 0.253. The predicted molar refractivity (Wildman–Crippen MR) is 36.7 cm³/mol. The Morgan fingerprint density at radius 3 is 3.12 bits per heavy atom. The molecule has 1 rings (SSSR count). The molecular formula is C5H10N2Si. The molecule has 0 fully saturated rings. The lowest BCUT2D eigenvalue weighted by Crippen LogP contribution is -1.99. The fourth-order valence-corrected chi connectivity index (χ4v) is 1.65. The van der Waals surface area contributed by atoms with Crippen molar-refractivity contribution in [2.24, 2.45) is 0 Å². The average Bonchev–Trinajstić information content (AvgIpc) is 2.19. The zero-order chi connectivity index (χ0) is 5.82. The van der Waals surface area contributed by atoms with Crippen LogP contribution in [0.25, 0.3) is 0 Å². The van der Waals surface area contributed by atoms with Crippen LogP contribution in [-0.4, -0.2) is 18.9 Å². The summed E-state index contributed by atoms with van der Waals surface area (Å²) in [6.45, 7) is 2.21. The summed E-state index contributed by atoms with van der Waals surface area (Å²) in [5.74, 6) is 0. The molecule has 0 saturated carbocycles. The third-order valence-electron chi connectivity index (χ3n) is 1.04. The van der Waals surface area contributed by atoms with Crippen LogP contribution in [0.5, 0.6) is 0 Å². The van der Waals surface area contributed by atoms with Crippen molar-refractivity contribution in [2.45, 2.75) is 13.0 Å². The van der Waals surface area contributed by atoms with E-state index in [-0.39, 0.29) is 9.68 Å². The first-order valence-electron chi connectivity index (χ1n) is 2.89. The Balaban J connectivity index is 2.50. The van der Waals surface area contributed by atoms with E-state index in [1.807, 2.05) is 18.7 Å². The molecule has 2 nitrogen and oxygen atoms in total. The molecule has 0 spiro atoms. The molecule has 0 aromatic carbocycles. The Hall–Kier alpha value is -0.573. The van der Waals surface area contributed by atoms with E-state index < -0.39 is 0 Å². The Morgan fingerprint density at radius 1 is 1.75 bits per heavy atom. The second kappa shape index (κ2) is 2.67. The van der Waals surface area contributed by atoms with Gasteiger partial charge in [-0.2, -0.15) is 0 Å². The summed E-state index contributed by atoms with van der Waals surface area (Å²) in [7, 11) is -0.00463. The van der Waals surface area contributed by atoms with E-state index in [2.05, 4.69) is 16.1 Å². The Morgan fingerprint density at radius 2 is 2.62 bits per heavy atom. The molecule has 1 aromatic heterocycles. The quantitative estimate of drug-likeness (QED) is 0.519. The van der Waals surface area contributed by atoms with Crippen LogP contribution < -0.4 is 0 Å². The normalized spacial score (nSPS) is 11.1. The first-order valence-corrected chi connectivity index (χ1v) is 4.52. The summed E-state index contributed by atoms with van der Waals surface area (Å²) in [5, 5.41) is 0. The summed E-state index contributed by atoms with van der Waals surface area (Å²) in [5.41, 5.74) is 0. The molecule has 0 saturated heterocycles. The maximum Gasteiger partial charge on any atom is 0.130 e. The van der Waals surface area contributed by atoms with Gasteiger partial charge in [0.15, 0.2) is 0 Å². The monoisotopic (exact) mass is 126 g/mol. The van der Waals surface area contributed by atoms with Crippen molar-refractivity contribution in [1.82, 2.24) is 9.22 Å². The van der Waals surface area contributed by atoms with Gasteiger partial charge in [-0.3, -0.25) is 0 Å². The standard InChI is InChI=1S/C5H10N2Si/c1-2-8-7-4-3-6-5-7/h3-5H,2,8H2,1H3. The molecule has 0 unspecified atom stereocenters. The van der Waals surface area contributed by atoms with Gasteiger partial charge in [0.1, 0.15) is 9.68 Å². The minimum absolute atomic E-state index is 0.00463. The van der Waals surface area contributed by atoms with Crippen LogP contribution in [0.4, 0.5) is 0 Å². The minimum Gasteiger partial charge on any atom is -0.371 e. The van der Waals surface area contributed by atoms with Gasteiger partial charge in [0.05, 0.1) is 6.33 Å². The first kappa shape index (κ1) is 5.56. The average molecular weight is 126 g/mol. The molecule has 0 radical (unpaired) electrons. The second-order valence-electron chi connectivity index (χ2n) is 1.80. The van der Waals surface area contributed by atoms with E-state index in [4.69, 9.17) is 0 Å². The SMILES string of the molecule is CC[SiH2]n1ccnc1. The smallest absolute Gasteiger partial charge is 0.130 e. The van der Waals surface area contributed by atoms with Crippen molar-refractivity contribution < 1.29 is 0 Å². The van der Waals surface area contributed by atoms with Gasteiger partial charge in [0, 0.05) is 12.4 Å². The van der Waals surface area contributed by atoms with Gasteiger partial charge in [0.2, 0.25) is 0 Å². The van der Waals surface area contributed by atoms with Crippen LogP contribution in [0, 0.1) is 0 Å². The number of hydrogen-bond acceptors (Lipinski definition) is 1. The van der Waals surface area contributed by atoms with E-state index >= 15 is 0 Å². The third-order valence-corrected chi connectivity index (χ3v) is 2.38. The highest BCUT2D eigenvalue weighted by Crippen LogP contribution is 1.82. The molecule has 0 N–H and O–H groups in total. The van der Waals surface area contributed by atoms with Gasteiger partial charge < -0.3 is 4.23 Å². The summed E-state index contributed by atoms with van der Waals surface area (Å²) in [4.78, 5) is 3.94. The summed E-state index contributed by atoms with van der Waals surface area (Å²) in [6.07, 6.45) is 5.77. The number of rotatable bonds is 2. The molecule has 0 aliphatic rings. The van der Waals surface area contributed by atoms with E-state index in [1.54, 1.807) is 0 Å². The summed E-state index contributed by atoms with van der Waals surface area (Å²) >= 11 is 0. The zero-order valence-corrected chi connectivity index (χ0v) is 6.45. The van der Waals surface area contributed by atoms with Crippen LogP contribution in [0.1, 0.15) is 6.92 Å².